The van der Waals surface area contributed by atoms with Crippen molar-refractivity contribution in [2.75, 3.05) is 0 Å². The molecule has 0 amide bonds. The van der Waals surface area contributed by atoms with Gasteiger partial charge in [-0.2, -0.15) is 0 Å². The Balaban J connectivity index is 4.10. The molecule has 0 saturated heterocycles. The predicted octanol–water partition coefficient (Wildman–Crippen LogP) is 2.73. The summed E-state index contributed by atoms with van der Waals surface area (Å²) in [6.07, 6.45) is 2.52. The van der Waals surface area contributed by atoms with E-state index in [9.17, 15) is 0 Å². The number of hydrogen-bond donors (Lipinski definition) is 1. The van der Waals surface area contributed by atoms with Crippen LogP contribution in [0.1, 0.15) is 33.6 Å². The van der Waals surface area contributed by atoms with Gasteiger partial charge in [0.15, 0.2) is 0 Å². The number of hydrogen-bond acceptors (Lipinski definition) is 1. The second kappa shape index (κ2) is 3.05. The number of nitrogens with two attached hydrogens (primary N) is 1. The average molecular weight is 159 g/mol. The van der Waals surface area contributed by atoms with Crippen molar-refractivity contribution < 1.29 is 0 Å². The van der Waals surface area contributed by atoms with Gasteiger partial charge in [-0.15, -0.1) is 0 Å². The summed E-state index contributed by atoms with van der Waals surface area (Å²) in [5, 5.41) is 6.54. The Hall–Kier alpha value is 0.177. The van der Waals surface area contributed by atoms with Gasteiger partial charge in [0.25, 0.3) is 0 Å². The maximum atomic E-state index is 6.14. The molecule has 1 nitrogen and oxygen atoms in total. The molecular weight excluding hydrogens is 138 g/mol. The fourth-order valence-electron chi connectivity index (χ4n) is 0.947. The highest BCUT2D eigenvalue weighted by atomic mass is 28.3. The van der Waals surface area contributed by atoms with Crippen LogP contribution in [-0.4, -0.2) is 8.24 Å². The molecule has 0 rings (SSSR count). The molecule has 0 bridgehead atoms. The minimum Gasteiger partial charge on any atom is -0.351 e. The minimum atomic E-state index is -1.41. The largest absolute Gasteiger partial charge is 0.351 e. The molecule has 10 heavy (non-hydrogen) atoms. The van der Waals surface area contributed by atoms with Gasteiger partial charge < -0.3 is 5.40 Å². The zero-order chi connectivity index (χ0) is 8.41. The van der Waals surface area contributed by atoms with E-state index >= 15 is 0 Å². The van der Waals surface area contributed by atoms with Crippen molar-refractivity contribution in [3.8, 4) is 0 Å². The predicted molar refractivity (Wildman–Crippen MR) is 50.6 cm³/mol. The monoisotopic (exact) mass is 159 g/mol. The van der Waals surface area contributed by atoms with E-state index in [-0.39, 0.29) is 0 Å². The molecule has 0 aliphatic rings. The molecule has 0 unspecified atom stereocenters. The molecule has 0 aromatic heterocycles. The quantitative estimate of drug-likeness (QED) is 0.630. The van der Waals surface area contributed by atoms with Gasteiger partial charge in [0.1, 0.15) is 8.24 Å². The first-order valence-electron chi connectivity index (χ1n) is 4.10. The third-order valence-corrected chi connectivity index (χ3v) is 6.36. The number of rotatable bonds is 3. The van der Waals surface area contributed by atoms with Crippen molar-refractivity contribution in [3.05, 3.63) is 0 Å². The Kier molecular flexibility index (Phi) is 3.11. The maximum Gasteiger partial charge on any atom is 0.122 e. The van der Waals surface area contributed by atoms with Crippen molar-refractivity contribution in [3.63, 3.8) is 0 Å². The summed E-state index contributed by atoms with van der Waals surface area (Å²) in [5.41, 5.74) is 0. The lowest BCUT2D eigenvalue weighted by atomic mass is 10.1. The molecule has 0 aliphatic heterocycles. The normalized spacial score (nSPS) is 13.8. The van der Waals surface area contributed by atoms with Gasteiger partial charge in [0.05, 0.1) is 0 Å². The standard InChI is InChI=1S/C8H21NSi/c1-6-7-8(2,3)10(4,5)9/h6-7,9H2,1-5H3. The third-order valence-electron chi connectivity index (χ3n) is 2.62. The summed E-state index contributed by atoms with van der Waals surface area (Å²) < 4.78 is 0. The van der Waals surface area contributed by atoms with Gasteiger partial charge in [-0.3, -0.25) is 0 Å². The second-order valence-electron chi connectivity index (χ2n) is 4.36. The van der Waals surface area contributed by atoms with E-state index in [0.717, 1.165) is 0 Å². The Morgan fingerprint density at radius 1 is 1.30 bits per heavy atom. The molecule has 0 atom stereocenters. The first kappa shape index (κ1) is 10.2. The first-order valence-corrected chi connectivity index (χ1v) is 7.18. The smallest absolute Gasteiger partial charge is 0.122 e. The van der Waals surface area contributed by atoms with Gasteiger partial charge in [-0.1, -0.05) is 40.3 Å². The molecule has 0 radical (unpaired) electrons. The average Bonchev–Trinajstić information content (AvgIpc) is 1.61. The molecule has 0 saturated carbocycles. The van der Waals surface area contributed by atoms with Crippen molar-refractivity contribution in [2.45, 2.75) is 51.7 Å². The molecule has 2 heteroatoms. The molecular formula is C8H21NSi. The van der Waals surface area contributed by atoms with Crippen LogP contribution in [0.25, 0.3) is 0 Å². The van der Waals surface area contributed by atoms with Crippen LogP contribution in [-0.2, 0) is 0 Å². The zero-order valence-electron chi connectivity index (χ0n) is 7.99. The Morgan fingerprint density at radius 2 is 1.70 bits per heavy atom. The van der Waals surface area contributed by atoms with E-state index in [1.165, 1.54) is 12.8 Å². The SMILES string of the molecule is CCCC(C)(C)[Si](C)(C)N. The highest BCUT2D eigenvalue weighted by molar-refractivity contribution is 6.77. The highest BCUT2D eigenvalue weighted by Crippen LogP contribution is 2.37. The van der Waals surface area contributed by atoms with Crippen molar-refractivity contribution >= 4 is 8.24 Å². The van der Waals surface area contributed by atoms with E-state index < -0.39 is 8.24 Å². The fraction of sp³-hybridized carbons (Fsp3) is 1.00. The lowest BCUT2D eigenvalue weighted by Gasteiger charge is -2.36. The Bertz CT molecular complexity index is 102. The summed E-state index contributed by atoms with van der Waals surface area (Å²) in [6, 6.07) is 0. The highest BCUT2D eigenvalue weighted by Gasteiger charge is 2.34. The second-order valence-corrected chi connectivity index (χ2v) is 9.15. The van der Waals surface area contributed by atoms with Gasteiger partial charge in [0.2, 0.25) is 0 Å². The van der Waals surface area contributed by atoms with Crippen LogP contribution in [0.3, 0.4) is 0 Å². The van der Waals surface area contributed by atoms with Crippen molar-refractivity contribution in [1.29, 1.82) is 0 Å². The molecule has 0 fully saturated rings. The lowest BCUT2D eigenvalue weighted by Crippen LogP contribution is -2.48. The molecule has 0 aliphatic carbocycles. The van der Waals surface area contributed by atoms with E-state index in [0.29, 0.717) is 5.04 Å². The zero-order valence-corrected chi connectivity index (χ0v) is 8.99. The van der Waals surface area contributed by atoms with E-state index in [2.05, 4.69) is 33.9 Å². The summed E-state index contributed by atoms with van der Waals surface area (Å²) >= 11 is 0. The van der Waals surface area contributed by atoms with Gasteiger partial charge in [0, 0.05) is 0 Å². The molecule has 0 heterocycles. The van der Waals surface area contributed by atoms with Crippen molar-refractivity contribution in [2.24, 2.45) is 5.40 Å². The summed E-state index contributed by atoms with van der Waals surface area (Å²) in [4.78, 5) is 0. The fourth-order valence-corrected chi connectivity index (χ4v) is 1.84. The molecule has 2 N–H and O–H groups in total. The van der Waals surface area contributed by atoms with Crippen LogP contribution in [0.5, 0.6) is 0 Å². The Morgan fingerprint density at radius 3 is 1.80 bits per heavy atom. The van der Waals surface area contributed by atoms with Crippen LogP contribution in [0.4, 0.5) is 0 Å². The third kappa shape index (κ3) is 2.43. The molecule has 0 aromatic carbocycles. The summed E-state index contributed by atoms with van der Waals surface area (Å²) in [5.74, 6) is 0. The van der Waals surface area contributed by atoms with Crippen LogP contribution >= 0.6 is 0 Å². The topological polar surface area (TPSA) is 26.0 Å². The maximum absolute atomic E-state index is 6.14. The molecule has 0 spiro atoms. The van der Waals surface area contributed by atoms with E-state index in [1.54, 1.807) is 0 Å². The van der Waals surface area contributed by atoms with Crippen LogP contribution in [0.15, 0.2) is 0 Å². The van der Waals surface area contributed by atoms with E-state index in [1.807, 2.05) is 0 Å². The van der Waals surface area contributed by atoms with Gasteiger partial charge >= 0.3 is 0 Å². The summed E-state index contributed by atoms with van der Waals surface area (Å²) in [7, 11) is -1.41. The first-order chi connectivity index (χ1) is 4.31. The minimum absolute atomic E-state index is 0.405. The van der Waals surface area contributed by atoms with Crippen LogP contribution in [0.2, 0.25) is 18.1 Å². The lowest BCUT2D eigenvalue weighted by molar-refractivity contribution is 0.571. The molecule has 62 valence electrons. The van der Waals surface area contributed by atoms with Crippen molar-refractivity contribution in [1.82, 2.24) is 0 Å². The van der Waals surface area contributed by atoms with Crippen LogP contribution < -0.4 is 5.40 Å². The van der Waals surface area contributed by atoms with Gasteiger partial charge in [-0.05, 0) is 11.5 Å². The molecule has 0 aromatic rings. The summed E-state index contributed by atoms with van der Waals surface area (Å²) in [6.45, 7) is 11.3. The van der Waals surface area contributed by atoms with E-state index in [4.69, 9.17) is 5.40 Å². The van der Waals surface area contributed by atoms with Crippen LogP contribution in [0, 0.1) is 0 Å². The van der Waals surface area contributed by atoms with Gasteiger partial charge in [-0.25, -0.2) is 0 Å². The Labute approximate surface area is 66.1 Å².